The van der Waals surface area contributed by atoms with Crippen molar-refractivity contribution in [2.75, 3.05) is 0 Å². The smallest absolute Gasteiger partial charge is 0.434 e. The highest BCUT2D eigenvalue weighted by Crippen LogP contribution is 2.36. The lowest BCUT2D eigenvalue weighted by molar-refractivity contribution is -0.319. The van der Waals surface area contributed by atoms with E-state index in [0.29, 0.717) is 0 Å². The fourth-order valence-corrected chi connectivity index (χ4v) is 1.32. The number of alkyl halides is 6. The molecule has 0 aliphatic rings. The molecule has 0 spiro atoms. The average molecular weight is 332 g/mol. The number of ketones is 1. The summed E-state index contributed by atoms with van der Waals surface area (Å²) in [6, 6.07) is 4.17. The second-order valence-electron chi connectivity index (χ2n) is 3.91. The number of benzene rings is 1. The first-order valence-electron chi connectivity index (χ1n) is 5.42. The fourth-order valence-electron chi connectivity index (χ4n) is 1.32. The molecule has 0 saturated carbocycles. The Labute approximate surface area is 118 Å². The normalized spacial score (nSPS) is 13.4. The van der Waals surface area contributed by atoms with Gasteiger partial charge in [-0.25, -0.2) is 4.39 Å². The monoisotopic (exact) mass is 332 g/mol. The standard InChI is InChI=1S/C12H7F7O3/c13-7-4-2-1-3-6(7)8(20)5-9(21)22-10(11(14,15)16)12(17,18)19/h1-5,10,21H/b9-5+. The first-order valence-corrected chi connectivity index (χ1v) is 5.42. The van der Waals surface area contributed by atoms with E-state index < -0.39 is 41.6 Å². The van der Waals surface area contributed by atoms with Crippen molar-refractivity contribution in [2.24, 2.45) is 0 Å². The van der Waals surface area contributed by atoms with Crippen LogP contribution in [0, 0.1) is 5.82 Å². The number of carbonyl (C=O) groups is 1. The van der Waals surface area contributed by atoms with Gasteiger partial charge in [-0.1, -0.05) is 12.1 Å². The number of hydrogen-bond acceptors (Lipinski definition) is 3. The van der Waals surface area contributed by atoms with Crippen molar-refractivity contribution in [1.29, 1.82) is 0 Å². The van der Waals surface area contributed by atoms with Crippen LogP contribution in [0.15, 0.2) is 36.3 Å². The van der Waals surface area contributed by atoms with Crippen molar-refractivity contribution in [3.8, 4) is 0 Å². The predicted molar refractivity (Wildman–Crippen MR) is 58.4 cm³/mol. The summed E-state index contributed by atoms with van der Waals surface area (Å²) >= 11 is 0. The van der Waals surface area contributed by atoms with Gasteiger partial charge in [0.1, 0.15) is 5.82 Å². The second-order valence-corrected chi connectivity index (χ2v) is 3.91. The van der Waals surface area contributed by atoms with Crippen LogP contribution in [0.1, 0.15) is 10.4 Å². The average Bonchev–Trinajstić information content (AvgIpc) is 2.33. The number of allylic oxidation sites excluding steroid dienone is 1. The van der Waals surface area contributed by atoms with E-state index in [0.717, 1.165) is 12.1 Å². The lowest BCUT2D eigenvalue weighted by atomic mass is 10.1. The van der Waals surface area contributed by atoms with Gasteiger partial charge in [0.25, 0.3) is 12.0 Å². The minimum Gasteiger partial charge on any atom is -0.481 e. The molecular formula is C12H7F7O3. The van der Waals surface area contributed by atoms with E-state index >= 15 is 0 Å². The van der Waals surface area contributed by atoms with Crippen molar-refractivity contribution in [3.05, 3.63) is 47.7 Å². The summed E-state index contributed by atoms with van der Waals surface area (Å²) in [6.45, 7) is 0. The van der Waals surface area contributed by atoms with E-state index in [1.165, 1.54) is 12.1 Å². The van der Waals surface area contributed by atoms with Crippen molar-refractivity contribution in [2.45, 2.75) is 18.5 Å². The summed E-state index contributed by atoms with van der Waals surface area (Å²) in [6.07, 6.45) is -16.1. The minimum absolute atomic E-state index is 0.0805. The third-order valence-electron chi connectivity index (χ3n) is 2.23. The van der Waals surface area contributed by atoms with Crippen LogP contribution < -0.4 is 0 Å². The first-order chi connectivity index (χ1) is 9.93. The summed E-state index contributed by atoms with van der Waals surface area (Å²) < 4.78 is 89.6. The maximum absolute atomic E-state index is 13.2. The van der Waals surface area contributed by atoms with Crippen molar-refractivity contribution < 1.29 is 45.4 Å². The number of hydrogen-bond donors (Lipinski definition) is 1. The van der Waals surface area contributed by atoms with Crippen LogP contribution in [0.2, 0.25) is 0 Å². The van der Waals surface area contributed by atoms with Gasteiger partial charge in [-0.05, 0) is 12.1 Å². The molecule has 122 valence electrons. The highest BCUT2D eigenvalue weighted by molar-refractivity contribution is 6.04. The van der Waals surface area contributed by atoms with Crippen LogP contribution >= 0.6 is 0 Å². The summed E-state index contributed by atoms with van der Waals surface area (Å²) in [5, 5.41) is 8.96. The lowest BCUT2D eigenvalue weighted by Crippen LogP contribution is -2.44. The van der Waals surface area contributed by atoms with Gasteiger partial charge in [-0.2, -0.15) is 26.3 Å². The fraction of sp³-hybridized carbons (Fsp3) is 0.250. The molecule has 3 nitrogen and oxygen atoms in total. The van der Waals surface area contributed by atoms with E-state index in [2.05, 4.69) is 4.74 Å². The largest absolute Gasteiger partial charge is 0.481 e. The highest BCUT2D eigenvalue weighted by Gasteiger charge is 2.59. The first kappa shape index (κ1) is 17.8. The molecule has 0 aromatic heterocycles. The van der Waals surface area contributed by atoms with E-state index in [9.17, 15) is 35.5 Å². The molecule has 1 N–H and O–H groups in total. The third kappa shape index (κ3) is 4.64. The summed E-state index contributed by atoms with van der Waals surface area (Å²) in [5.74, 6) is -4.37. The van der Waals surface area contributed by atoms with Crippen molar-refractivity contribution in [1.82, 2.24) is 0 Å². The van der Waals surface area contributed by atoms with E-state index in [-0.39, 0.29) is 6.08 Å². The molecular weight excluding hydrogens is 325 g/mol. The maximum atomic E-state index is 13.2. The van der Waals surface area contributed by atoms with E-state index in [1.54, 1.807) is 0 Å². The van der Waals surface area contributed by atoms with Crippen molar-refractivity contribution in [3.63, 3.8) is 0 Å². The van der Waals surface area contributed by atoms with Gasteiger partial charge in [0.2, 0.25) is 0 Å². The summed E-state index contributed by atoms with van der Waals surface area (Å²) in [4.78, 5) is 11.4. The molecule has 0 fully saturated rings. The number of carbonyl (C=O) groups excluding carboxylic acids is 1. The molecule has 0 bridgehead atoms. The van der Waals surface area contributed by atoms with Crippen LogP contribution in [0.25, 0.3) is 0 Å². The number of ether oxygens (including phenoxy) is 1. The Morgan fingerprint density at radius 3 is 2.05 bits per heavy atom. The van der Waals surface area contributed by atoms with Gasteiger partial charge in [0.05, 0.1) is 11.6 Å². The Hall–Kier alpha value is -2.26. The minimum atomic E-state index is -5.86. The molecule has 0 saturated heterocycles. The Morgan fingerprint density at radius 1 is 1.09 bits per heavy atom. The van der Waals surface area contributed by atoms with Crippen LogP contribution in [0.5, 0.6) is 0 Å². The summed E-state index contributed by atoms with van der Waals surface area (Å²) in [5.41, 5.74) is -0.659. The molecule has 0 atom stereocenters. The molecule has 0 amide bonds. The van der Waals surface area contributed by atoms with E-state index in [1.807, 2.05) is 0 Å². The van der Waals surface area contributed by atoms with Crippen LogP contribution in [0.3, 0.4) is 0 Å². The molecule has 0 aliphatic heterocycles. The molecule has 1 aromatic rings. The zero-order valence-electron chi connectivity index (χ0n) is 10.4. The Morgan fingerprint density at radius 2 is 1.59 bits per heavy atom. The highest BCUT2D eigenvalue weighted by atomic mass is 19.4. The molecule has 0 radical (unpaired) electrons. The van der Waals surface area contributed by atoms with Crippen molar-refractivity contribution >= 4 is 5.78 Å². The summed E-state index contributed by atoms with van der Waals surface area (Å²) in [7, 11) is 0. The van der Waals surface area contributed by atoms with Gasteiger partial charge >= 0.3 is 12.4 Å². The maximum Gasteiger partial charge on any atom is 0.434 e. The zero-order chi connectivity index (χ0) is 17.1. The Kier molecular flexibility index (Phi) is 5.05. The van der Waals surface area contributed by atoms with Crippen LogP contribution in [0.4, 0.5) is 30.7 Å². The molecule has 0 aliphatic carbocycles. The van der Waals surface area contributed by atoms with Gasteiger partial charge in [0.15, 0.2) is 5.78 Å². The van der Waals surface area contributed by atoms with Gasteiger partial charge < -0.3 is 9.84 Å². The Balaban J connectivity index is 2.98. The molecule has 0 heterocycles. The number of halogens is 7. The second kappa shape index (κ2) is 6.24. The Bertz CT molecular complexity index is 561. The topological polar surface area (TPSA) is 46.5 Å². The lowest BCUT2D eigenvalue weighted by Gasteiger charge is -2.22. The number of aliphatic hydroxyl groups excluding tert-OH is 1. The van der Waals surface area contributed by atoms with Crippen LogP contribution in [-0.2, 0) is 4.74 Å². The van der Waals surface area contributed by atoms with Gasteiger partial charge in [-0.3, -0.25) is 4.79 Å². The van der Waals surface area contributed by atoms with Crippen LogP contribution in [-0.4, -0.2) is 29.3 Å². The quantitative estimate of drug-likeness (QED) is 0.393. The zero-order valence-corrected chi connectivity index (χ0v) is 10.4. The molecule has 22 heavy (non-hydrogen) atoms. The molecule has 0 unspecified atom stereocenters. The van der Waals surface area contributed by atoms with Gasteiger partial charge in [-0.15, -0.1) is 0 Å². The number of aliphatic hydroxyl groups is 1. The molecule has 1 rings (SSSR count). The number of rotatable bonds is 4. The van der Waals surface area contributed by atoms with E-state index in [4.69, 9.17) is 5.11 Å². The van der Waals surface area contributed by atoms with Gasteiger partial charge in [0, 0.05) is 0 Å². The third-order valence-corrected chi connectivity index (χ3v) is 2.23. The SMILES string of the molecule is O=C(/C=C(\O)OC(C(F)(F)F)C(F)(F)F)c1ccccc1F. The molecule has 10 heteroatoms. The predicted octanol–water partition coefficient (Wildman–Crippen LogP) is 3.92. The molecule has 1 aromatic carbocycles.